The molecule has 9 heteroatoms. The molecule has 0 spiro atoms. The molecule has 3 aromatic rings. The monoisotopic (exact) mass is 422 g/mol. The Labute approximate surface area is 177 Å². The van der Waals surface area contributed by atoms with Crippen LogP contribution in [-0.4, -0.2) is 23.6 Å². The van der Waals surface area contributed by atoms with E-state index in [9.17, 15) is 19.3 Å². The van der Waals surface area contributed by atoms with Crippen molar-refractivity contribution in [2.45, 2.75) is 6.61 Å². The van der Waals surface area contributed by atoms with Crippen LogP contribution in [0, 0.1) is 15.9 Å². The SMILES string of the molecule is O=C(CNc1cccc([N+](=O)[O-])c1)N/N=C/c1ccc(OCc2ccc(F)cc2)cc1. The molecule has 3 rings (SSSR count). The van der Waals surface area contributed by atoms with Gasteiger partial charge in [-0.2, -0.15) is 5.10 Å². The molecule has 0 unspecified atom stereocenters. The largest absolute Gasteiger partial charge is 0.489 e. The van der Waals surface area contributed by atoms with Crippen LogP contribution < -0.4 is 15.5 Å². The topological polar surface area (TPSA) is 106 Å². The van der Waals surface area contributed by atoms with Crippen molar-refractivity contribution in [3.8, 4) is 5.75 Å². The number of halogens is 1. The van der Waals surface area contributed by atoms with Crippen molar-refractivity contribution in [1.82, 2.24) is 5.43 Å². The van der Waals surface area contributed by atoms with Gasteiger partial charge < -0.3 is 10.1 Å². The average molecular weight is 422 g/mol. The molecule has 0 aliphatic rings. The molecule has 0 aromatic heterocycles. The fourth-order valence-electron chi connectivity index (χ4n) is 2.53. The summed E-state index contributed by atoms with van der Waals surface area (Å²) in [4.78, 5) is 22.1. The summed E-state index contributed by atoms with van der Waals surface area (Å²) >= 11 is 0. The first kappa shape index (κ1) is 21.4. The van der Waals surface area contributed by atoms with Gasteiger partial charge in [0.15, 0.2) is 0 Å². The Hall–Kier alpha value is -4.27. The van der Waals surface area contributed by atoms with Crippen LogP contribution in [0.25, 0.3) is 0 Å². The van der Waals surface area contributed by atoms with Crippen LogP contribution in [0.1, 0.15) is 11.1 Å². The normalized spacial score (nSPS) is 10.6. The smallest absolute Gasteiger partial charge is 0.271 e. The maximum absolute atomic E-state index is 12.9. The molecule has 0 heterocycles. The van der Waals surface area contributed by atoms with E-state index in [4.69, 9.17) is 4.74 Å². The van der Waals surface area contributed by atoms with Crippen LogP contribution in [-0.2, 0) is 11.4 Å². The zero-order valence-electron chi connectivity index (χ0n) is 16.3. The molecule has 0 saturated carbocycles. The van der Waals surface area contributed by atoms with Crippen molar-refractivity contribution in [3.05, 3.63) is 99.9 Å². The molecule has 0 bridgehead atoms. The number of hydrazone groups is 1. The van der Waals surface area contributed by atoms with Gasteiger partial charge in [0.1, 0.15) is 18.2 Å². The lowest BCUT2D eigenvalue weighted by Crippen LogP contribution is -2.25. The van der Waals surface area contributed by atoms with Gasteiger partial charge in [0.05, 0.1) is 17.7 Å². The number of ether oxygens (including phenoxy) is 1. The number of nitrogens with one attached hydrogen (secondary N) is 2. The maximum atomic E-state index is 12.9. The molecule has 3 aromatic carbocycles. The van der Waals surface area contributed by atoms with Crippen molar-refractivity contribution in [1.29, 1.82) is 0 Å². The molecule has 8 nitrogen and oxygen atoms in total. The summed E-state index contributed by atoms with van der Waals surface area (Å²) < 4.78 is 18.5. The number of benzene rings is 3. The summed E-state index contributed by atoms with van der Waals surface area (Å²) in [6, 6.07) is 19.0. The van der Waals surface area contributed by atoms with Crippen molar-refractivity contribution in [2.24, 2.45) is 5.10 Å². The van der Waals surface area contributed by atoms with E-state index in [2.05, 4.69) is 15.8 Å². The van der Waals surface area contributed by atoms with E-state index in [1.807, 2.05) is 0 Å². The van der Waals surface area contributed by atoms with Crippen LogP contribution in [0.3, 0.4) is 0 Å². The van der Waals surface area contributed by atoms with Crippen molar-refractivity contribution >= 4 is 23.5 Å². The molecule has 0 aliphatic carbocycles. The number of carbonyl (C=O) groups is 1. The highest BCUT2D eigenvalue weighted by atomic mass is 19.1. The second kappa shape index (κ2) is 10.5. The number of carbonyl (C=O) groups excluding carboxylic acids is 1. The Kier molecular flexibility index (Phi) is 7.26. The average Bonchev–Trinajstić information content (AvgIpc) is 2.78. The first-order chi connectivity index (χ1) is 15.0. The number of nitro benzene ring substituents is 1. The molecule has 0 saturated heterocycles. The highest BCUT2D eigenvalue weighted by Gasteiger charge is 2.06. The van der Waals surface area contributed by atoms with Gasteiger partial charge >= 0.3 is 0 Å². The molecular formula is C22H19FN4O4. The predicted octanol–water partition coefficient (Wildman–Crippen LogP) is 3.88. The lowest BCUT2D eigenvalue weighted by molar-refractivity contribution is -0.384. The number of nitrogens with zero attached hydrogens (tertiary/aromatic N) is 2. The van der Waals surface area contributed by atoms with Gasteiger partial charge in [0.2, 0.25) is 0 Å². The third-order valence-corrected chi connectivity index (χ3v) is 4.11. The summed E-state index contributed by atoms with van der Waals surface area (Å²) in [7, 11) is 0. The lowest BCUT2D eigenvalue weighted by Gasteiger charge is -2.06. The van der Waals surface area contributed by atoms with Gasteiger partial charge in [0.25, 0.3) is 11.6 Å². The van der Waals surface area contributed by atoms with Gasteiger partial charge in [-0.1, -0.05) is 18.2 Å². The molecule has 0 atom stereocenters. The van der Waals surface area contributed by atoms with Crippen LogP contribution in [0.5, 0.6) is 5.75 Å². The minimum atomic E-state index is -0.505. The molecule has 1 amide bonds. The third-order valence-electron chi connectivity index (χ3n) is 4.11. The van der Waals surface area contributed by atoms with Crippen molar-refractivity contribution in [2.75, 3.05) is 11.9 Å². The highest BCUT2D eigenvalue weighted by Crippen LogP contribution is 2.16. The summed E-state index contributed by atoms with van der Waals surface area (Å²) in [6.45, 7) is 0.232. The minimum absolute atomic E-state index is 0.0616. The fraction of sp³-hybridized carbons (Fsp3) is 0.0909. The van der Waals surface area contributed by atoms with E-state index >= 15 is 0 Å². The summed E-state index contributed by atoms with van der Waals surface area (Å²) in [6.07, 6.45) is 1.48. The molecule has 0 aliphatic heterocycles. The highest BCUT2D eigenvalue weighted by molar-refractivity contribution is 5.84. The predicted molar refractivity (Wildman–Crippen MR) is 114 cm³/mol. The van der Waals surface area contributed by atoms with Gasteiger partial charge in [-0.25, -0.2) is 9.82 Å². The van der Waals surface area contributed by atoms with Crippen LogP contribution in [0.2, 0.25) is 0 Å². The summed E-state index contributed by atoms with van der Waals surface area (Å²) in [5.74, 6) is -0.0482. The number of amides is 1. The van der Waals surface area contributed by atoms with Crippen molar-refractivity contribution in [3.63, 3.8) is 0 Å². The Balaban J connectivity index is 1.42. The summed E-state index contributed by atoms with van der Waals surface area (Å²) in [5, 5.41) is 17.4. The summed E-state index contributed by atoms with van der Waals surface area (Å²) in [5.41, 5.74) is 4.38. The molecule has 158 valence electrons. The number of hydrogen-bond donors (Lipinski definition) is 2. The van der Waals surface area contributed by atoms with Crippen LogP contribution in [0.15, 0.2) is 77.9 Å². The number of nitro groups is 1. The minimum Gasteiger partial charge on any atom is -0.489 e. The molecule has 0 fully saturated rings. The Bertz CT molecular complexity index is 1070. The van der Waals surface area contributed by atoms with Gasteiger partial charge in [0, 0.05) is 17.8 Å². The molecular weight excluding hydrogens is 403 g/mol. The van der Waals surface area contributed by atoms with Gasteiger partial charge in [-0.3, -0.25) is 14.9 Å². The number of hydrogen-bond acceptors (Lipinski definition) is 6. The van der Waals surface area contributed by atoms with E-state index in [1.54, 1.807) is 42.5 Å². The first-order valence-corrected chi connectivity index (χ1v) is 9.27. The van der Waals surface area contributed by atoms with Crippen molar-refractivity contribution < 1.29 is 18.8 Å². The van der Waals surface area contributed by atoms with Gasteiger partial charge in [-0.15, -0.1) is 0 Å². The maximum Gasteiger partial charge on any atom is 0.271 e. The van der Waals surface area contributed by atoms with Crippen LogP contribution >= 0.6 is 0 Å². The zero-order chi connectivity index (χ0) is 22.1. The van der Waals surface area contributed by atoms with Gasteiger partial charge in [-0.05, 0) is 53.6 Å². The lowest BCUT2D eigenvalue weighted by atomic mass is 10.2. The third kappa shape index (κ3) is 6.93. The van der Waals surface area contributed by atoms with E-state index in [1.165, 1.54) is 36.5 Å². The van der Waals surface area contributed by atoms with E-state index < -0.39 is 10.8 Å². The number of non-ortho nitro benzene ring substituents is 1. The number of anilines is 1. The van der Waals surface area contributed by atoms with Crippen LogP contribution in [0.4, 0.5) is 15.8 Å². The fourth-order valence-corrected chi connectivity index (χ4v) is 2.53. The number of rotatable bonds is 9. The quantitative estimate of drug-likeness (QED) is 0.309. The Morgan fingerprint density at radius 2 is 1.84 bits per heavy atom. The zero-order valence-corrected chi connectivity index (χ0v) is 16.3. The second-order valence-corrected chi connectivity index (χ2v) is 6.44. The standard InChI is InChI=1S/C22H19FN4O4/c23-18-8-4-17(5-9-18)15-31-21-10-6-16(7-11-21)13-25-26-22(28)14-24-19-2-1-3-20(12-19)27(29)30/h1-13,24H,14-15H2,(H,26,28)/b25-13+. The second-order valence-electron chi connectivity index (χ2n) is 6.44. The first-order valence-electron chi connectivity index (χ1n) is 9.27. The Morgan fingerprint density at radius 1 is 1.10 bits per heavy atom. The van der Waals surface area contributed by atoms with E-state index in [0.717, 1.165) is 11.1 Å². The Morgan fingerprint density at radius 3 is 2.55 bits per heavy atom. The molecule has 2 N–H and O–H groups in total. The van der Waals surface area contributed by atoms with E-state index in [-0.39, 0.29) is 18.0 Å². The van der Waals surface area contributed by atoms with E-state index in [0.29, 0.717) is 18.0 Å². The molecule has 31 heavy (non-hydrogen) atoms. The molecule has 0 radical (unpaired) electrons.